The smallest absolute Gasteiger partial charge is 0.270 e. The van der Waals surface area contributed by atoms with Gasteiger partial charge in [0.15, 0.2) is 11.6 Å². The monoisotopic (exact) mass is 504 g/mol. The van der Waals surface area contributed by atoms with Crippen LogP contribution in [0, 0.1) is 29.4 Å². The minimum absolute atomic E-state index is 0.121. The molecular formula is C30H43F3N2O. The zero-order valence-electron chi connectivity index (χ0n) is 22.1. The van der Waals surface area contributed by atoms with Crippen molar-refractivity contribution in [2.45, 2.75) is 110 Å². The van der Waals surface area contributed by atoms with Crippen LogP contribution in [0.3, 0.4) is 0 Å². The van der Waals surface area contributed by atoms with Crippen LogP contribution in [0.5, 0.6) is 0 Å². The molecule has 1 aromatic carbocycles. The summed E-state index contributed by atoms with van der Waals surface area (Å²) in [4.78, 5) is 9.79. The number of aliphatic imine (C=N–C) groups is 1. The number of benzene rings is 1. The molecule has 3 nitrogen and oxygen atoms in total. The zero-order valence-corrected chi connectivity index (χ0v) is 22.1. The molecule has 1 aromatic rings. The van der Waals surface area contributed by atoms with Gasteiger partial charge in [0.1, 0.15) is 0 Å². The molecule has 36 heavy (non-hydrogen) atoms. The molecule has 0 aromatic heterocycles. The quantitative estimate of drug-likeness (QED) is 0.188. The minimum Gasteiger partial charge on any atom is -0.270 e. The lowest BCUT2D eigenvalue weighted by molar-refractivity contribution is -0.180. The van der Waals surface area contributed by atoms with Gasteiger partial charge < -0.3 is 0 Å². The molecule has 0 amide bonds. The Hall–Kier alpha value is -1.82. The van der Waals surface area contributed by atoms with Gasteiger partial charge in [-0.2, -0.15) is 4.39 Å². The van der Waals surface area contributed by atoms with E-state index in [9.17, 15) is 8.78 Å². The molecule has 200 valence electrons. The van der Waals surface area contributed by atoms with Crippen molar-refractivity contribution in [3.05, 3.63) is 46.7 Å². The first kappa shape index (κ1) is 27.2. The number of aryl methyl sites for hydroxylation is 1. The maximum Gasteiger partial charge on any atom is 0.288 e. The normalized spacial score (nSPS) is 22.5. The second-order valence-corrected chi connectivity index (χ2v) is 11.2. The molecule has 1 saturated carbocycles. The molecule has 1 aliphatic heterocycles. The van der Waals surface area contributed by atoms with E-state index >= 15 is 4.39 Å². The van der Waals surface area contributed by atoms with Gasteiger partial charge in [0.25, 0.3) is 6.42 Å². The average molecular weight is 505 g/mol. The Morgan fingerprint density at radius 2 is 1.89 bits per heavy atom. The fraction of sp³-hybridized carbons (Fsp3) is 0.700. The lowest BCUT2D eigenvalue weighted by atomic mass is 9.79. The minimum atomic E-state index is -1.60. The number of alkyl halides is 1. The van der Waals surface area contributed by atoms with Gasteiger partial charge in [0, 0.05) is 17.8 Å². The van der Waals surface area contributed by atoms with Gasteiger partial charge in [-0.15, -0.1) is 0 Å². The van der Waals surface area contributed by atoms with Crippen LogP contribution in [0.2, 0.25) is 0 Å². The first-order valence-corrected chi connectivity index (χ1v) is 14.3. The number of hydroxylamine groups is 2. The van der Waals surface area contributed by atoms with E-state index in [0.717, 1.165) is 55.1 Å². The van der Waals surface area contributed by atoms with Gasteiger partial charge in [-0.3, -0.25) is 4.84 Å². The van der Waals surface area contributed by atoms with Crippen molar-refractivity contribution < 1.29 is 18.0 Å². The maximum atomic E-state index is 15.1. The third-order valence-corrected chi connectivity index (χ3v) is 8.03. The van der Waals surface area contributed by atoms with Crippen LogP contribution in [0.1, 0.15) is 101 Å². The summed E-state index contributed by atoms with van der Waals surface area (Å²) in [5, 5.41) is 1.16. The Balaban J connectivity index is 1.27. The number of allylic oxidation sites excluding steroid dienone is 1. The van der Waals surface area contributed by atoms with Gasteiger partial charge in [0.05, 0.1) is 6.61 Å². The number of unbranched alkanes of at least 4 members (excludes halogenated alkanes) is 4. The zero-order chi connectivity index (χ0) is 25.5. The first-order valence-electron chi connectivity index (χ1n) is 14.3. The molecule has 1 heterocycles. The first-order chi connectivity index (χ1) is 17.5. The lowest BCUT2D eigenvalue weighted by Gasteiger charge is -2.30. The molecular weight excluding hydrogens is 461 g/mol. The number of halogens is 3. The topological polar surface area (TPSA) is 24.8 Å². The van der Waals surface area contributed by atoms with E-state index in [2.05, 4.69) is 18.8 Å². The van der Waals surface area contributed by atoms with Crippen molar-refractivity contribution in [3.63, 3.8) is 0 Å². The summed E-state index contributed by atoms with van der Waals surface area (Å²) in [6, 6.07) is 1.87. The highest BCUT2D eigenvalue weighted by Crippen LogP contribution is 2.35. The van der Waals surface area contributed by atoms with E-state index in [4.69, 9.17) is 4.84 Å². The van der Waals surface area contributed by atoms with Crippen molar-refractivity contribution in [2.24, 2.45) is 22.7 Å². The van der Waals surface area contributed by atoms with Gasteiger partial charge in [-0.1, -0.05) is 77.7 Å². The molecule has 0 bridgehead atoms. The second-order valence-electron chi connectivity index (χ2n) is 11.2. The molecule has 3 aliphatic rings. The summed E-state index contributed by atoms with van der Waals surface area (Å²) >= 11 is 0. The SMILES string of the molecule is CCCCC(C)Cc1cc2c(c(F)c1F)CC(C1=NC(F)N(OCCCCCCC3CC3)C=C1)CC2. The van der Waals surface area contributed by atoms with Crippen LogP contribution in [0.15, 0.2) is 23.3 Å². The van der Waals surface area contributed by atoms with E-state index in [1.54, 1.807) is 12.3 Å². The molecule has 0 radical (unpaired) electrons. The predicted molar refractivity (Wildman–Crippen MR) is 139 cm³/mol. The van der Waals surface area contributed by atoms with Gasteiger partial charge in [-0.25, -0.2) is 18.8 Å². The van der Waals surface area contributed by atoms with E-state index in [0.29, 0.717) is 48.6 Å². The summed E-state index contributed by atoms with van der Waals surface area (Å²) < 4.78 is 44.7. The van der Waals surface area contributed by atoms with Crippen molar-refractivity contribution in [3.8, 4) is 0 Å². The molecule has 0 spiro atoms. The standard InChI is InChI=1S/C30H43F3N2O/c1-3-4-9-21(2)18-25-19-23-13-14-24(20-26(23)29(32)28(25)31)27-15-16-35(30(33)34-27)36-17-8-6-5-7-10-22-11-12-22/h15-16,19,21-22,24,30H,3-14,17-18,20H2,1-2H3. The summed E-state index contributed by atoms with van der Waals surface area (Å²) in [7, 11) is 0. The van der Waals surface area contributed by atoms with E-state index < -0.39 is 18.1 Å². The summed E-state index contributed by atoms with van der Waals surface area (Å²) in [6.45, 7) is 4.72. The van der Waals surface area contributed by atoms with Gasteiger partial charge in [-0.05, 0) is 66.7 Å². The van der Waals surface area contributed by atoms with Crippen LogP contribution in [0.25, 0.3) is 0 Å². The number of hydrogen-bond donors (Lipinski definition) is 0. The van der Waals surface area contributed by atoms with Crippen LogP contribution < -0.4 is 0 Å². The van der Waals surface area contributed by atoms with Crippen LogP contribution in [-0.4, -0.2) is 23.8 Å². The van der Waals surface area contributed by atoms with E-state index in [-0.39, 0.29) is 5.92 Å². The average Bonchev–Trinajstić information content (AvgIpc) is 3.70. The largest absolute Gasteiger partial charge is 0.288 e. The molecule has 4 rings (SSSR count). The number of rotatable bonds is 14. The third-order valence-electron chi connectivity index (χ3n) is 8.03. The Bertz CT molecular complexity index is 927. The molecule has 6 heteroatoms. The number of hydrogen-bond acceptors (Lipinski definition) is 3. The summed E-state index contributed by atoms with van der Waals surface area (Å²) in [6.07, 6.45) is 15.9. The van der Waals surface area contributed by atoms with Crippen LogP contribution in [0.4, 0.5) is 13.2 Å². The van der Waals surface area contributed by atoms with Gasteiger partial charge >= 0.3 is 0 Å². The predicted octanol–water partition coefficient (Wildman–Crippen LogP) is 8.25. The molecule has 3 unspecified atom stereocenters. The Labute approximate surface area is 215 Å². The van der Waals surface area contributed by atoms with Crippen LogP contribution in [-0.2, 0) is 24.1 Å². The van der Waals surface area contributed by atoms with E-state index in [1.807, 2.05) is 6.07 Å². The Morgan fingerprint density at radius 3 is 2.64 bits per heavy atom. The highest BCUT2D eigenvalue weighted by Gasteiger charge is 2.30. The fourth-order valence-electron chi connectivity index (χ4n) is 5.58. The van der Waals surface area contributed by atoms with Crippen molar-refractivity contribution in [1.29, 1.82) is 0 Å². The second kappa shape index (κ2) is 13.1. The number of nitrogens with zero attached hydrogens (tertiary/aromatic N) is 2. The molecule has 0 N–H and O–H groups in total. The molecule has 2 aliphatic carbocycles. The van der Waals surface area contributed by atoms with Crippen molar-refractivity contribution in [2.75, 3.05) is 6.61 Å². The third kappa shape index (κ3) is 7.36. The summed E-state index contributed by atoms with van der Waals surface area (Å²) in [5.41, 5.74) is 2.41. The summed E-state index contributed by atoms with van der Waals surface area (Å²) in [5.74, 6) is -0.254. The molecule has 1 fully saturated rings. The van der Waals surface area contributed by atoms with E-state index in [1.165, 1.54) is 32.1 Å². The fourth-order valence-corrected chi connectivity index (χ4v) is 5.58. The number of fused-ring (bicyclic) bond motifs is 1. The van der Waals surface area contributed by atoms with Gasteiger partial charge in [0.2, 0.25) is 0 Å². The van der Waals surface area contributed by atoms with Crippen molar-refractivity contribution >= 4 is 5.71 Å². The maximum absolute atomic E-state index is 15.1. The molecule has 3 atom stereocenters. The molecule has 0 saturated heterocycles. The highest BCUT2D eigenvalue weighted by molar-refractivity contribution is 5.97. The lowest BCUT2D eigenvalue weighted by Crippen LogP contribution is -2.33. The van der Waals surface area contributed by atoms with Crippen LogP contribution >= 0.6 is 0 Å². The van der Waals surface area contributed by atoms with Crippen molar-refractivity contribution in [1.82, 2.24) is 5.06 Å². The highest BCUT2D eigenvalue weighted by atomic mass is 19.2. The Morgan fingerprint density at radius 1 is 1.08 bits per heavy atom. The Kier molecular flexibility index (Phi) is 9.92.